The molecule has 6 nitrogen and oxygen atoms in total. The smallest absolute Gasteiger partial charge is 0.223 e. The van der Waals surface area contributed by atoms with Gasteiger partial charge in [-0.1, -0.05) is 12.1 Å². The standard InChI is InChI=1S/C18H30N4O2/c1-6-19-18(20-11-10-17(23)22(4)5)21-13-15-9-8-14(3)12-16(15)24-7-2/h8-9,12H,6-7,10-11,13H2,1-5H3,(H2,19,20,21). The first-order chi connectivity index (χ1) is 11.5. The number of guanidine groups is 1. The van der Waals surface area contributed by atoms with Crippen LogP contribution in [0, 0.1) is 6.92 Å². The number of hydrogen-bond donors (Lipinski definition) is 2. The lowest BCUT2D eigenvalue weighted by atomic mass is 10.1. The zero-order valence-electron chi connectivity index (χ0n) is 15.5. The number of carbonyl (C=O) groups is 1. The van der Waals surface area contributed by atoms with Crippen molar-refractivity contribution < 1.29 is 9.53 Å². The second-order valence-electron chi connectivity index (χ2n) is 5.70. The Morgan fingerprint density at radius 3 is 2.62 bits per heavy atom. The van der Waals surface area contributed by atoms with Gasteiger partial charge in [-0.3, -0.25) is 4.79 Å². The Kier molecular flexibility index (Phi) is 8.68. The highest BCUT2D eigenvalue weighted by molar-refractivity contribution is 5.81. The van der Waals surface area contributed by atoms with Crippen molar-refractivity contribution in [3.63, 3.8) is 0 Å². The number of nitrogens with one attached hydrogen (secondary N) is 2. The normalized spacial score (nSPS) is 11.1. The van der Waals surface area contributed by atoms with Gasteiger partial charge in [-0.25, -0.2) is 4.99 Å². The monoisotopic (exact) mass is 334 g/mol. The summed E-state index contributed by atoms with van der Waals surface area (Å²) in [6.45, 7) is 8.50. The maximum absolute atomic E-state index is 11.6. The minimum atomic E-state index is 0.0931. The summed E-state index contributed by atoms with van der Waals surface area (Å²) in [7, 11) is 3.52. The number of ether oxygens (including phenoxy) is 1. The summed E-state index contributed by atoms with van der Waals surface area (Å²) in [5, 5.41) is 6.38. The average molecular weight is 334 g/mol. The van der Waals surface area contributed by atoms with Crippen LogP contribution in [0.25, 0.3) is 0 Å². The van der Waals surface area contributed by atoms with Gasteiger partial charge in [0.1, 0.15) is 5.75 Å². The molecule has 0 heterocycles. The molecule has 0 atom stereocenters. The summed E-state index contributed by atoms with van der Waals surface area (Å²) < 4.78 is 5.69. The molecule has 1 aromatic carbocycles. The molecule has 0 aromatic heterocycles. The van der Waals surface area contributed by atoms with Gasteiger partial charge in [0.15, 0.2) is 5.96 Å². The summed E-state index contributed by atoms with van der Waals surface area (Å²) in [6.07, 6.45) is 0.437. The van der Waals surface area contributed by atoms with Gasteiger partial charge in [-0.2, -0.15) is 0 Å². The predicted molar refractivity (Wildman–Crippen MR) is 98.5 cm³/mol. The first kappa shape index (κ1) is 19.8. The van der Waals surface area contributed by atoms with Crippen LogP contribution in [-0.4, -0.2) is 50.6 Å². The molecule has 0 saturated carbocycles. The summed E-state index contributed by atoms with van der Waals surface area (Å²) in [5.74, 6) is 1.67. The van der Waals surface area contributed by atoms with Crippen LogP contribution in [0.3, 0.4) is 0 Å². The minimum absolute atomic E-state index is 0.0931. The van der Waals surface area contributed by atoms with Gasteiger partial charge in [-0.05, 0) is 32.4 Å². The summed E-state index contributed by atoms with van der Waals surface area (Å²) in [5.41, 5.74) is 2.21. The zero-order valence-corrected chi connectivity index (χ0v) is 15.5. The molecular formula is C18H30N4O2. The fourth-order valence-corrected chi connectivity index (χ4v) is 2.10. The molecule has 1 rings (SSSR count). The molecule has 0 spiro atoms. The van der Waals surface area contributed by atoms with Crippen molar-refractivity contribution in [1.29, 1.82) is 0 Å². The van der Waals surface area contributed by atoms with Crippen molar-refractivity contribution in [3.8, 4) is 5.75 Å². The number of amides is 1. The molecule has 0 unspecified atom stereocenters. The van der Waals surface area contributed by atoms with E-state index in [1.165, 1.54) is 5.56 Å². The van der Waals surface area contributed by atoms with E-state index in [1.54, 1.807) is 19.0 Å². The highest BCUT2D eigenvalue weighted by atomic mass is 16.5. The molecule has 24 heavy (non-hydrogen) atoms. The Morgan fingerprint density at radius 2 is 2.00 bits per heavy atom. The van der Waals surface area contributed by atoms with E-state index in [4.69, 9.17) is 4.74 Å². The number of aliphatic imine (C=N–C) groups is 1. The fraction of sp³-hybridized carbons (Fsp3) is 0.556. The minimum Gasteiger partial charge on any atom is -0.494 e. The van der Waals surface area contributed by atoms with Gasteiger partial charge in [0.05, 0.1) is 13.2 Å². The van der Waals surface area contributed by atoms with Crippen LogP contribution >= 0.6 is 0 Å². The van der Waals surface area contributed by atoms with E-state index in [2.05, 4.69) is 21.7 Å². The second-order valence-corrected chi connectivity index (χ2v) is 5.70. The molecule has 0 fully saturated rings. The molecule has 1 aromatic rings. The maximum atomic E-state index is 11.6. The Labute approximate surface area is 145 Å². The zero-order chi connectivity index (χ0) is 17.9. The number of nitrogens with zero attached hydrogens (tertiary/aromatic N) is 2. The largest absolute Gasteiger partial charge is 0.494 e. The molecule has 0 radical (unpaired) electrons. The lowest BCUT2D eigenvalue weighted by Crippen LogP contribution is -2.39. The van der Waals surface area contributed by atoms with Crippen LogP contribution in [0.4, 0.5) is 0 Å². The SMILES string of the molecule is CCNC(=NCc1ccc(C)cc1OCC)NCCC(=O)N(C)C. The molecule has 0 bridgehead atoms. The predicted octanol–water partition coefficient (Wildman–Crippen LogP) is 1.93. The maximum Gasteiger partial charge on any atom is 0.223 e. The van der Waals surface area contributed by atoms with Crippen LogP contribution in [0.1, 0.15) is 31.4 Å². The van der Waals surface area contributed by atoms with E-state index >= 15 is 0 Å². The van der Waals surface area contributed by atoms with E-state index in [0.717, 1.165) is 17.9 Å². The Bertz CT molecular complexity index is 556. The van der Waals surface area contributed by atoms with Crippen LogP contribution in [0.2, 0.25) is 0 Å². The molecule has 0 aliphatic rings. The molecule has 0 aliphatic heterocycles. The first-order valence-corrected chi connectivity index (χ1v) is 8.42. The van der Waals surface area contributed by atoms with Crippen molar-refractivity contribution in [2.24, 2.45) is 4.99 Å². The third-order valence-electron chi connectivity index (χ3n) is 3.40. The number of benzene rings is 1. The van der Waals surface area contributed by atoms with Gasteiger partial charge in [-0.15, -0.1) is 0 Å². The average Bonchev–Trinajstić information content (AvgIpc) is 2.54. The van der Waals surface area contributed by atoms with Gasteiger partial charge < -0.3 is 20.3 Å². The number of aryl methyl sites for hydroxylation is 1. The molecule has 134 valence electrons. The van der Waals surface area contributed by atoms with Gasteiger partial charge >= 0.3 is 0 Å². The van der Waals surface area contributed by atoms with E-state index < -0.39 is 0 Å². The van der Waals surface area contributed by atoms with E-state index in [9.17, 15) is 4.79 Å². The Morgan fingerprint density at radius 1 is 1.25 bits per heavy atom. The third-order valence-corrected chi connectivity index (χ3v) is 3.40. The summed E-state index contributed by atoms with van der Waals surface area (Å²) >= 11 is 0. The molecule has 0 saturated heterocycles. The summed E-state index contributed by atoms with van der Waals surface area (Å²) in [6, 6.07) is 6.14. The van der Waals surface area contributed by atoms with E-state index in [-0.39, 0.29) is 5.91 Å². The second kappa shape index (κ2) is 10.5. The highest BCUT2D eigenvalue weighted by Crippen LogP contribution is 2.21. The van der Waals surface area contributed by atoms with Crippen LogP contribution in [0.5, 0.6) is 5.75 Å². The molecular weight excluding hydrogens is 304 g/mol. The molecule has 0 aliphatic carbocycles. The lowest BCUT2D eigenvalue weighted by Gasteiger charge is -2.14. The molecule has 1 amide bonds. The Balaban J connectivity index is 2.70. The quantitative estimate of drug-likeness (QED) is 0.563. The van der Waals surface area contributed by atoms with Gasteiger partial charge in [0.2, 0.25) is 5.91 Å². The number of rotatable bonds is 8. The lowest BCUT2D eigenvalue weighted by molar-refractivity contribution is -0.128. The number of carbonyl (C=O) groups excluding carboxylic acids is 1. The van der Waals surface area contributed by atoms with Crippen LogP contribution < -0.4 is 15.4 Å². The summed E-state index contributed by atoms with van der Waals surface area (Å²) in [4.78, 5) is 17.8. The van der Waals surface area contributed by atoms with E-state index in [0.29, 0.717) is 32.1 Å². The van der Waals surface area contributed by atoms with Crippen molar-refractivity contribution in [2.45, 2.75) is 33.7 Å². The van der Waals surface area contributed by atoms with Gasteiger partial charge in [0, 0.05) is 39.2 Å². The first-order valence-electron chi connectivity index (χ1n) is 8.42. The fourth-order valence-electron chi connectivity index (χ4n) is 2.10. The van der Waals surface area contributed by atoms with Crippen LogP contribution in [0.15, 0.2) is 23.2 Å². The molecule has 2 N–H and O–H groups in total. The van der Waals surface area contributed by atoms with Gasteiger partial charge in [0.25, 0.3) is 0 Å². The van der Waals surface area contributed by atoms with Crippen molar-refractivity contribution in [1.82, 2.24) is 15.5 Å². The highest BCUT2D eigenvalue weighted by Gasteiger charge is 2.06. The number of hydrogen-bond acceptors (Lipinski definition) is 3. The Hall–Kier alpha value is -2.24. The molecule has 6 heteroatoms. The van der Waals surface area contributed by atoms with Crippen molar-refractivity contribution >= 4 is 11.9 Å². The van der Waals surface area contributed by atoms with Crippen molar-refractivity contribution in [3.05, 3.63) is 29.3 Å². The van der Waals surface area contributed by atoms with Crippen LogP contribution in [-0.2, 0) is 11.3 Å². The third kappa shape index (κ3) is 6.89. The topological polar surface area (TPSA) is 66.0 Å². The van der Waals surface area contributed by atoms with Crippen molar-refractivity contribution in [2.75, 3.05) is 33.8 Å². The van der Waals surface area contributed by atoms with E-state index in [1.807, 2.05) is 32.9 Å².